The highest BCUT2D eigenvalue weighted by Gasteiger charge is 2.58. The molecule has 0 bridgehead atoms. The lowest BCUT2D eigenvalue weighted by atomic mass is 9.95. The number of fused-ring (bicyclic) bond motifs is 2. The molecule has 2 aromatic heterocycles. The van der Waals surface area contributed by atoms with Gasteiger partial charge in [-0.2, -0.15) is 0 Å². The SMILES string of the molecule is CC(=O)[C@H](C)N[P@](=O)(OCC1C(C)[C@@H](n2cnc3c(N)ncnc32)[C@@H]2OC(C)(C)O[C@H]12)Oc1ccccc1. The van der Waals surface area contributed by atoms with E-state index in [0.717, 1.165) is 0 Å². The highest BCUT2D eigenvalue weighted by atomic mass is 31.2. The number of nitrogens with zero attached hydrogens (tertiary/aromatic N) is 4. The van der Waals surface area contributed by atoms with E-state index < -0.39 is 19.6 Å². The van der Waals surface area contributed by atoms with Crippen molar-refractivity contribution in [2.75, 3.05) is 12.3 Å². The van der Waals surface area contributed by atoms with Crippen LogP contribution in [0, 0.1) is 11.8 Å². The largest absolute Gasteiger partial charge is 0.459 e. The Balaban J connectivity index is 1.44. The molecule has 2 fully saturated rings. The molecular formula is C25H33N6O6P. The van der Waals surface area contributed by atoms with Gasteiger partial charge in [-0.1, -0.05) is 25.1 Å². The molecule has 204 valence electrons. The maximum atomic E-state index is 13.9. The minimum Gasteiger partial charge on any atom is -0.413 e. The van der Waals surface area contributed by atoms with Crippen LogP contribution in [-0.4, -0.2) is 55.9 Å². The van der Waals surface area contributed by atoms with E-state index in [2.05, 4.69) is 27.0 Å². The molecule has 5 rings (SSSR count). The smallest absolute Gasteiger partial charge is 0.413 e. The van der Waals surface area contributed by atoms with Crippen LogP contribution in [0.5, 0.6) is 5.75 Å². The second kappa shape index (κ2) is 10.0. The zero-order valence-corrected chi connectivity index (χ0v) is 22.9. The third kappa shape index (κ3) is 5.06. The first-order valence-electron chi connectivity index (χ1n) is 12.5. The highest BCUT2D eigenvalue weighted by Crippen LogP contribution is 2.53. The van der Waals surface area contributed by atoms with Crippen LogP contribution in [0.1, 0.15) is 40.7 Å². The molecule has 1 saturated carbocycles. The summed E-state index contributed by atoms with van der Waals surface area (Å²) in [6.45, 7) is 8.83. The number of nitrogens with two attached hydrogens (primary N) is 1. The number of para-hydroxylation sites is 1. The van der Waals surface area contributed by atoms with Gasteiger partial charge in [0.1, 0.15) is 29.5 Å². The Hall–Kier alpha value is -2.89. The van der Waals surface area contributed by atoms with Gasteiger partial charge in [-0.25, -0.2) is 24.6 Å². The van der Waals surface area contributed by atoms with Gasteiger partial charge in [-0.15, -0.1) is 0 Å². The Labute approximate surface area is 220 Å². The van der Waals surface area contributed by atoms with Crippen molar-refractivity contribution in [1.82, 2.24) is 24.6 Å². The number of Topliss-reactive ketones (excluding diaryl/α,β-unsaturated/α-hetero) is 1. The molecule has 0 radical (unpaired) electrons. The number of carbonyl (C=O) groups excluding carboxylic acids is 1. The van der Waals surface area contributed by atoms with Crippen LogP contribution < -0.4 is 15.3 Å². The number of anilines is 1. The number of aromatic nitrogens is 4. The first-order valence-corrected chi connectivity index (χ1v) is 14.1. The number of nitrogens with one attached hydrogen (secondary N) is 1. The maximum absolute atomic E-state index is 13.9. The molecule has 3 N–H and O–H groups in total. The van der Waals surface area contributed by atoms with E-state index in [0.29, 0.717) is 22.7 Å². The first-order chi connectivity index (χ1) is 18.0. The second-order valence-electron chi connectivity index (χ2n) is 10.3. The lowest BCUT2D eigenvalue weighted by Crippen LogP contribution is -2.34. The fourth-order valence-corrected chi connectivity index (χ4v) is 6.84. The minimum atomic E-state index is -3.95. The van der Waals surface area contributed by atoms with E-state index in [1.54, 1.807) is 37.5 Å². The summed E-state index contributed by atoms with van der Waals surface area (Å²) in [5, 5.41) is 2.77. The molecule has 1 aliphatic heterocycles. The Morgan fingerprint density at radius 3 is 2.63 bits per heavy atom. The van der Waals surface area contributed by atoms with Gasteiger partial charge in [0, 0.05) is 5.92 Å². The van der Waals surface area contributed by atoms with Crippen molar-refractivity contribution in [2.24, 2.45) is 11.8 Å². The van der Waals surface area contributed by atoms with E-state index in [1.165, 1.54) is 13.3 Å². The summed E-state index contributed by atoms with van der Waals surface area (Å²) in [5.74, 6) is -0.664. The molecule has 0 spiro atoms. The Bertz CT molecular complexity index is 1370. The molecule has 7 atom stereocenters. The van der Waals surface area contributed by atoms with Crippen molar-refractivity contribution >= 4 is 30.5 Å². The molecule has 3 aromatic rings. The number of nitrogen functional groups attached to an aromatic ring is 1. The summed E-state index contributed by atoms with van der Waals surface area (Å²) in [4.78, 5) is 24.8. The number of ether oxygens (including phenoxy) is 2. The number of imidazole rings is 1. The molecule has 1 aliphatic carbocycles. The average Bonchev–Trinajstić information content (AvgIpc) is 3.48. The number of hydrogen-bond donors (Lipinski definition) is 2. The van der Waals surface area contributed by atoms with Crippen LogP contribution in [0.4, 0.5) is 5.82 Å². The van der Waals surface area contributed by atoms with Gasteiger partial charge >= 0.3 is 7.75 Å². The van der Waals surface area contributed by atoms with Crippen LogP contribution in [0.2, 0.25) is 0 Å². The summed E-state index contributed by atoms with van der Waals surface area (Å²) in [7, 11) is -3.95. The van der Waals surface area contributed by atoms with Gasteiger partial charge in [0.05, 0.1) is 31.1 Å². The molecule has 2 unspecified atom stereocenters. The standard InChI is InChI=1S/C25H33N6O6P/c1-14-18(11-34-38(33,30-15(2)16(3)32)37-17-9-7-6-8-10-17)21-22(36-25(4,5)35-21)20(14)31-13-29-19-23(26)27-12-28-24(19)31/h6-10,12-15,18,20-22H,11H2,1-5H3,(H,30,33)(H2,26,27,28)/t14?,15-,18?,20+,21+,22-,38-/m0/s1. The van der Waals surface area contributed by atoms with E-state index in [4.69, 9.17) is 24.3 Å². The molecule has 13 heteroatoms. The highest BCUT2D eigenvalue weighted by molar-refractivity contribution is 7.52. The van der Waals surface area contributed by atoms with Gasteiger partial charge in [0.15, 0.2) is 17.3 Å². The van der Waals surface area contributed by atoms with Crippen molar-refractivity contribution in [3.05, 3.63) is 43.0 Å². The zero-order chi connectivity index (χ0) is 27.2. The zero-order valence-electron chi connectivity index (χ0n) is 22.0. The predicted octanol–water partition coefficient (Wildman–Crippen LogP) is 3.51. The second-order valence-corrected chi connectivity index (χ2v) is 12.0. The van der Waals surface area contributed by atoms with Crippen molar-refractivity contribution < 1.29 is 27.9 Å². The molecule has 38 heavy (non-hydrogen) atoms. The van der Waals surface area contributed by atoms with Crippen LogP contribution in [0.15, 0.2) is 43.0 Å². The summed E-state index contributed by atoms with van der Waals surface area (Å²) < 4.78 is 40.3. The van der Waals surface area contributed by atoms with E-state index >= 15 is 0 Å². The Kier molecular flexibility index (Phi) is 7.04. The van der Waals surface area contributed by atoms with Crippen molar-refractivity contribution in [2.45, 2.75) is 64.7 Å². The molecule has 3 heterocycles. The third-order valence-corrected chi connectivity index (χ3v) is 8.86. The van der Waals surface area contributed by atoms with Crippen molar-refractivity contribution in [3.63, 3.8) is 0 Å². The van der Waals surface area contributed by atoms with E-state index in [1.807, 2.05) is 24.5 Å². The lowest BCUT2D eigenvalue weighted by Gasteiger charge is -2.30. The topological polar surface area (TPSA) is 153 Å². The molecule has 2 aliphatic rings. The third-order valence-electron chi connectivity index (χ3n) is 7.21. The van der Waals surface area contributed by atoms with Crippen LogP contribution in [0.25, 0.3) is 11.2 Å². The van der Waals surface area contributed by atoms with Crippen LogP contribution in [-0.2, 0) is 23.4 Å². The van der Waals surface area contributed by atoms with Gasteiger partial charge in [-0.3, -0.25) is 9.32 Å². The van der Waals surface area contributed by atoms with Crippen molar-refractivity contribution in [1.29, 1.82) is 0 Å². The number of rotatable bonds is 9. The normalized spacial score (nSPS) is 28.6. The summed E-state index contributed by atoms with van der Waals surface area (Å²) in [6, 6.07) is 7.75. The minimum absolute atomic E-state index is 0.0315. The van der Waals surface area contributed by atoms with Crippen molar-refractivity contribution in [3.8, 4) is 5.75 Å². The van der Waals surface area contributed by atoms with Crippen LogP contribution >= 0.6 is 7.75 Å². The fourth-order valence-electron chi connectivity index (χ4n) is 5.23. The van der Waals surface area contributed by atoms with Gasteiger partial charge in [-0.05, 0) is 45.7 Å². The number of benzene rings is 1. The van der Waals surface area contributed by atoms with E-state index in [9.17, 15) is 9.36 Å². The van der Waals surface area contributed by atoms with Gasteiger partial charge in [0.25, 0.3) is 0 Å². The quantitative estimate of drug-likeness (QED) is 0.381. The summed E-state index contributed by atoms with van der Waals surface area (Å²) in [6.07, 6.45) is 2.38. The molecule has 0 amide bonds. The molecular weight excluding hydrogens is 511 g/mol. The average molecular weight is 545 g/mol. The number of carbonyl (C=O) groups is 1. The van der Waals surface area contributed by atoms with Crippen LogP contribution in [0.3, 0.4) is 0 Å². The summed E-state index contributed by atoms with van der Waals surface area (Å²) in [5.41, 5.74) is 7.13. The monoisotopic (exact) mass is 544 g/mol. The molecule has 1 saturated heterocycles. The predicted molar refractivity (Wildman–Crippen MR) is 139 cm³/mol. The van der Waals surface area contributed by atoms with Gasteiger partial charge < -0.3 is 24.3 Å². The Morgan fingerprint density at radius 2 is 1.92 bits per heavy atom. The maximum Gasteiger partial charge on any atom is 0.459 e. The molecule has 12 nitrogen and oxygen atoms in total. The Morgan fingerprint density at radius 1 is 1.21 bits per heavy atom. The summed E-state index contributed by atoms with van der Waals surface area (Å²) >= 11 is 0. The van der Waals surface area contributed by atoms with E-state index in [-0.39, 0.29) is 42.5 Å². The first kappa shape index (κ1) is 26.7. The lowest BCUT2D eigenvalue weighted by molar-refractivity contribution is -0.166. The molecule has 1 aromatic carbocycles. The fraction of sp³-hybridized carbons (Fsp3) is 0.520. The van der Waals surface area contributed by atoms with Gasteiger partial charge in [0.2, 0.25) is 0 Å². The number of hydrogen-bond acceptors (Lipinski definition) is 10. The number of ketones is 1.